The van der Waals surface area contributed by atoms with Gasteiger partial charge in [0.05, 0.1) is 5.56 Å². The van der Waals surface area contributed by atoms with Gasteiger partial charge in [0.2, 0.25) is 0 Å². The average molecular weight is 254 g/mol. The summed E-state index contributed by atoms with van der Waals surface area (Å²) in [5.41, 5.74) is 6.99. The van der Waals surface area contributed by atoms with Crippen molar-refractivity contribution in [3.63, 3.8) is 0 Å². The van der Waals surface area contributed by atoms with Gasteiger partial charge in [-0.3, -0.25) is 4.79 Å². The minimum Gasteiger partial charge on any atom is -0.366 e. The van der Waals surface area contributed by atoms with Crippen LogP contribution in [0.2, 0.25) is 0 Å². The highest BCUT2D eigenvalue weighted by atomic mass is 19.1. The standard InChI is InChI=1S/C15H11FN2O/c1-10-9-11(4-6-13(10)16)5-7-14-12(15(17)19)3-2-8-18-14/h2-4,6,8-9H,1H3,(H2,17,19). The summed E-state index contributed by atoms with van der Waals surface area (Å²) in [6.07, 6.45) is 1.53. The van der Waals surface area contributed by atoms with Crippen LogP contribution in [0.15, 0.2) is 36.5 Å². The second-order valence-electron chi connectivity index (χ2n) is 3.98. The van der Waals surface area contributed by atoms with Gasteiger partial charge in [-0.2, -0.15) is 0 Å². The van der Waals surface area contributed by atoms with Crippen LogP contribution in [0.3, 0.4) is 0 Å². The molecule has 0 bridgehead atoms. The molecule has 0 saturated heterocycles. The van der Waals surface area contributed by atoms with Crippen LogP contribution >= 0.6 is 0 Å². The first-order chi connectivity index (χ1) is 9.08. The van der Waals surface area contributed by atoms with Crippen molar-refractivity contribution in [2.75, 3.05) is 0 Å². The van der Waals surface area contributed by atoms with Crippen LogP contribution in [0, 0.1) is 24.6 Å². The Bertz CT molecular complexity index is 699. The number of carbonyl (C=O) groups excluding carboxylic acids is 1. The lowest BCUT2D eigenvalue weighted by atomic mass is 10.1. The zero-order valence-corrected chi connectivity index (χ0v) is 10.3. The third-order valence-electron chi connectivity index (χ3n) is 2.56. The van der Waals surface area contributed by atoms with E-state index in [0.29, 0.717) is 16.8 Å². The number of hydrogen-bond acceptors (Lipinski definition) is 2. The van der Waals surface area contributed by atoms with E-state index < -0.39 is 5.91 Å². The SMILES string of the molecule is Cc1cc(C#Cc2ncccc2C(N)=O)ccc1F. The number of benzene rings is 1. The van der Waals surface area contributed by atoms with Crippen molar-refractivity contribution in [3.05, 3.63) is 64.7 Å². The second kappa shape index (κ2) is 5.32. The minimum atomic E-state index is -0.576. The first kappa shape index (κ1) is 12.8. The minimum absolute atomic E-state index is 0.272. The van der Waals surface area contributed by atoms with Gasteiger partial charge in [0, 0.05) is 11.8 Å². The van der Waals surface area contributed by atoms with E-state index >= 15 is 0 Å². The molecule has 4 heteroatoms. The number of aryl methyl sites for hydroxylation is 1. The van der Waals surface area contributed by atoms with Crippen LogP contribution in [0.4, 0.5) is 4.39 Å². The first-order valence-corrected chi connectivity index (χ1v) is 5.61. The highest BCUT2D eigenvalue weighted by Gasteiger charge is 2.05. The van der Waals surface area contributed by atoms with E-state index in [2.05, 4.69) is 16.8 Å². The van der Waals surface area contributed by atoms with Crippen molar-refractivity contribution in [1.29, 1.82) is 0 Å². The quantitative estimate of drug-likeness (QED) is 0.792. The Morgan fingerprint density at radius 1 is 1.32 bits per heavy atom. The van der Waals surface area contributed by atoms with Crippen LogP contribution in [0.25, 0.3) is 0 Å². The molecule has 0 atom stereocenters. The van der Waals surface area contributed by atoms with Gasteiger partial charge in [-0.05, 0) is 48.7 Å². The zero-order chi connectivity index (χ0) is 13.8. The number of nitrogens with two attached hydrogens (primary N) is 1. The Morgan fingerprint density at radius 3 is 2.79 bits per heavy atom. The van der Waals surface area contributed by atoms with Gasteiger partial charge in [-0.25, -0.2) is 9.37 Å². The third kappa shape index (κ3) is 2.96. The van der Waals surface area contributed by atoms with Crippen molar-refractivity contribution in [2.24, 2.45) is 5.73 Å². The number of carbonyl (C=O) groups is 1. The second-order valence-corrected chi connectivity index (χ2v) is 3.98. The molecule has 94 valence electrons. The van der Waals surface area contributed by atoms with Crippen molar-refractivity contribution >= 4 is 5.91 Å². The summed E-state index contributed by atoms with van der Waals surface area (Å²) in [5.74, 6) is 4.76. The molecule has 1 heterocycles. The summed E-state index contributed by atoms with van der Waals surface area (Å²) in [5, 5.41) is 0. The normalized spacial score (nSPS) is 9.58. The van der Waals surface area contributed by atoms with Gasteiger partial charge in [-0.1, -0.05) is 5.92 Å². The van der Waals surface area contributed by atoms with Gasteiger partial charge >= 0.3 is 0 Å². The van der Waals surface area contributed by atoms with Crippen LogP contribution in [0.1, 0.15) is 27.2 Å². The molecule has 0 fully saturated rings. The molecule has 3 nitrogen and oxygen atoms in total. The number of primary amides is 1. The summed E-state index contributed by atoms with van der Waals surface area (Å²) in [6, 6.07) is 7.74. The van der Waals surface area contributed by atoms with E-state index in [-0.39, 0.29) is 11.4 Å². The number of rotatable bonds is 1. The molecule has 1 amide bonds. The molecule has 1 aromatic carbocycles. The number of halogens is 1. The monoisotopic (exact) mass is 254 g/mol. The van der Waals surface area contributed by atoms with E-state index in [4.69, 9.17) is 5.73 Å². The van der Waals surface area contributed by atoms with Crippen LogP contribution in [-0.4, -0.2) is 10.9 Å². The van der Waals surface area contributed by atoms with Crippen molar-refractivity contribution in [3.8, 4) is 11.8 Å². The number of amides is 1. The molecule has 2 rings (SSSR count). The Balaban J connectivity index is 2.39. The molecule has 0 spiro atoms. The van der Waals surface area contributed by atoms with E-state index in [1.807, 2.05) is 0 Å². The number of aromatic nitrogens is 1. The van der Waals surface area contributed by atoms with Crippen LogP contribution in [-0.2, 0) is 0 Å². The molecule has 0 aliphatic carbocycles. The molecular formula is C15H11FN2O. The van der Waals surface area contributed by atoms with Gasteiger partial charge < -0.3 is 5.73 Å². The Morgan fingerprint density at radius 2 is 2.11 bits per heavy atom. The molecule has 0 saturated carbocycles. The summed E-state index contributed by atoms with van der Waals surface area (Å²) < 4.78 is 13.1. The van der Waals surface area contributed by atoms with Crippen molar-refractivity contribution in [2.45, 2.75) is 6.92 Å². The number of pyridine rings is 1. The third-order valence-corrected chi connectivity index (χ3v) is 2.56. The van der Waals surface area contributed by atoms with E-state index in [0.717, 1.165) is 0 Å². The average Bonchev–Trinajstić information content (AvgIpc) is 2.40. The largest absolute Gasteiger partial charge is 0.366 e. The topological polar surface area (TPSA) is 56.0 Å². The molecule has 0 unspecified atom stereocenters. The lowest BCUT2D eigenvalue weighted by Crippen LogP contribution is -2.13. The molecule has 19 heavy (non-hydrogen) atoms. The lowest BCUT2D eigenvalue weighted by Gasteiger charge is -1.98. The number of nitrogens with zero attached hydrogens (tertiary/aromatic N) is 1. The molecule has 2 aromatic rings. The number of hydrogen-bond donors (Lipinski definition) is 1. The Hall–Kier alpha value is -2.67. The maximum absolute atomic E-state index is 13.1. The van der Waals surface area contributed by atoms with E-state index in [1.54, 1.807) is 31.2 Å². The molecule has 0 aliphatic rings. The van der Waals surface area contributed by atoms with Crippen molar-refractivity contribution in [1.82, 2.24) is 4.98 Å². The maximum Gasteiger partial charge on any atom is 0.251 e. The predicted molar refractivity (Wildman–Crippen MR) is 69.9 cm³/mol. The maximum atomic E-state index is 13.1. The van der Waals surface area contributed by atoms with Crippen LogP contribution in [0.5, 0.6) is 0 Å². The van der Waals surface area contributed by atoms with Gasteiger partial charge in [0.15, 0.2) is 0 Å². The van der Waals surface area contributed by atoms with Gasteiger partial charge in [0.1, 0.15) is 11.5 Å². The molecule has 0 radical (unpaired) electrons. The highest BCUT2D eigenvalue weighted by Crippen LogP contribution is 2.09. The Kier molecular flexibility index (Phi) is 3.58. The van der Waals surface area contributed by atoms with Crippen molar-refractivity contribution < 1.29 is 9.18 Å². The predicted octanol–water partition coefficient (Wildman–Crippen LogP) is 2.03. The molecule has 1 aromatic heterocycles. The smallest absolute Gasteiger partial charge is 0.251 e. The fourth-order valence-electron chi connectivity index (χ4n) is 1.56. The van der Waals surface area contributed by atoms with Gasteiger partial charge in [0.25, 0.3) is 5.91 Å². The zero-order valence-electron chi connectivity index (χ0n) is 10.3. The summed E-state index contributed by atoms with van der Waals surface area (Å²) >= 11 is 0. The highest BCUT2D eigenvalue weighted by molar-refractivity contribution is 5.94. The molecule has 0 aliphatic heterocycles. The van der Waals surface area contributed by atoms with E-state index in [9.17, 15) is 9.18 Å². The first-order valence-electron chi connectivity index (χ1n) is 5.61. The molecular weight excluding hydrogens is 243 g/mol. The summed E-state index contributed by atoms with van der Waals surface area (Å²) in [6.45, 7) is 1.66. The molecule has 2 N–H and O–H groups in total. The Labute approximate surface area is 110 Å². The fourth-order valence-corrected chi connectivity index (χ4v) is 1.56. The lowest BCUT2D eigenvalue weighted by molar-refractivity contribution is 0.0999. The van der Waals surface area contributed by atoms with E-state index in [1.165, 1.54) is 12.3 Å². The summed E-state index contributed by atoms with van der Waals surface area (Å²) in [4.78, 5) is 15.2. The fraction of sp³-hybridized carbons (Fsp3) is 0.0667. The summed E-state index contributed by atoms with van der Waals surface area (Å²) in [7, 11) is 0. The van der Waals surface area contributed by atoms with Crippen LogP contribution < -0.4 is 5.73 Å². The van der Waals surface area contributed by atoms with Gasteiger partial charge in [-0.15, -0.1) is 0 Å².